The van der Waals surface area contributed by atoms with Crippen LogP contribution >= 0.6 is 15.9 Å². The van der Waals surface area contributed by atoms with E-state index in [-0.39, 0.29) is 4.90 Å². The number of halogens is 1. The molecular weight excluding hydrogens is 292 g/mol. The number of hydrogen-bond acceptors (Lipinski definition) is 3. The molecule has 6 heteroatoms. The van der Waals surface area contributed by atoms with Crippen LogP contribution in [0.4, 0.5) is 0 Å². The summed E-state index contributed by atoms with van der Waals surface area (Å²) in [5, 5.41) is 4.01. The van der Waals surface area contributed by atoms with Crippen molar-refractivity contribution in [3.05, 3.63) is 41.1 Å². The van der Waals surface area contributed by atoms with Crippen molar-refractivity contribution in [3.63, 3.8) is 0 Å². The second-order valence-corrected chi connectivity index (χ2v) is 6.30. The third-order valence-electron chi connectivity index (χ3n) is 2.06. The summed E-state index contributed by atoms with van der Waals surface area (Å²) in [5.41, 5.74) is 0.810. The number of aromatic nitrogens is 2. The highest BCUT2D eigenvalue weighted by Gasteiger charge is 2.10. The van der Waals surface area contributed by atoms with Crippen molar-refractivity contribution in [2.45, 2.75) is 4.90 Å². The van der Waals surface area contributed by atoms with Gasteiger partial charge in [0.25, 0.3) is 0 Å². The van der Waals surface area contributed by atoms with Gasteiger partial charge in [-0.3, -0.25) is 0 Å². The second-order valence-electron chi connectivity index (χ2n) is 3.37. The third kappa shape index (κ3) is 2.33. The van der Waals surface area contributed by atoms with Crippen LogP contribution in [0.5, 0.6) is 0 Å². The van der Waals surface area contributed by atoms with Crippen molar-refractivity contribution in [3.8, 4) is 5.69 Å². The van der Waals surface area contributed by atoms with E-state index >= 15 is 0 Å². The average molecular weight is 301 g/mol. The summed E-state index contributed by atoms with van der Waals surface area (Å²) in [6, 6.07) is 7.47. The molecule has 0 atom stereocenters. The molecule has 4 nitrogen and oxygen atoms in total. The quantitative estimate of drug-likeness (QED) is 0.853. The lowest BCUT2D eigenvalue weighted by molar-refractivity contribution is 0.602. The molecular formula is C10H9BrN2O2S. The summed E-state index contributed by atoms with van der Waals surface area (Å²) in [5.74, 6) is 0. The Kier molecular flexibility index (Phi) is 2.86. The van der Waals surface area contributed by atoms with Crippen molar-refractivity contribution < 1.29 is 8.42 Å². The van der Waals surface area contributed by atoms with Gasteiger partial charge in [-0.2, -0.15) is 5.10 Å². The summed E-state index contributed by atoms with van der Waals surface area (Å²) in [4.78, 5) is 0.215. The Balaban J connectivity index is 2.47. The van der Waals surface area contributed by atoms with E-state index in [0.29, 0.717) is 0 Å². The van der Waals surface area contributed by atoms with Gasteiger partial charge in [-0.1, -0.05) is 22.0 Å². The highest BCUT2D eigenvalue weighted by atomic mass is 79.9. The van der Waals surface area contributed by atoms with Crippen molar-refractivity contribution in [2.24, 2.45) is 0 Å². The van der Waals surface area contributed by atoms with Crippen LogP contribution in [0.1, 0.15) is 0 Å². The summed E-state index contributed by atoms with van der Waals surface area (Å²) in [7, 11) is -3.20. The van der Waals surface area contributed by atoms with Crippen LogP contribution in [-0.2, 0) is 9.84 Å². The largest absolute Gasteiger partial charge is 0.240 e. The van der Waals surface area contributed by atoms with Gasteiger partial charge in [-0.25, -0.2) is 13.1 Å². The fourth-order valence-electron chi connectivity index (χ4n) is 1.26. The minimum atomic E-state index is -3.20. The predicted molar refractivity (Wildman–Crippen MR) is 64.4 cm³/mol. The highest BCUT2D eigenvalue weighted by Crippen LogP contribution is 2.16. The zero-order valence-corrected chi connectivity index (χ0v) is 10.9. The molecule has 0 spiro atoms. The van der Waals surface area contributed by atoms with Gasteiger partial charge >= 0.3 is 0 Å². The standard InChI is InChI=1S/C10H9BrN2O2S/c1-16(14,15)10-6-12-13(7-10)9-4-2-3-8(11)5-9/h2-7H,1H3. The minimum Gasteiger partial charge on any atom is -0.240 e. The maximum absolute atomic E-state index is 11.3. The number of rotatable bonds is 2. The predicted octanol–water partition coefficient (Wildman–Crippen LogP) is 2.04. The molecule has 0 aliphatic rings. The van der Waals surface area contributed by atoms with Gasteiger partial charge in [-0.15, -0.1) is 0 Å². The molecule has 0 radical (unpaired) electrons. The molecule has 2 rings (SSSR count). The molecule has 1 aromatic heterocycles. The first-order valence-electron chi connectivity index (χ1n) is 4.47. The Morgan fingerprint density at radius 1 is 1.38 bits per heavy atom. The molecule has 0 aliphatic carbocycles. The second kappa shape index (κ2) is 4.03. The normalized spacial score (nSPS) is 11.6. The van der Waals surface area contributed by atoms with Crippen LogP contribution in [0, 0.1) is 0 Å². The van der Waals surface area contributed by atoms with Crippen molar-refractivity contribution in [2.75, 3.05) is 6.26 Å². The van der Waals surface area contributed by atoms with E-state index in [0.717, 1.165) is 16.4 Å². The van der Waals surface area contributed by atoms with Gasteiger partial charge in [0, 0.05) is 16.9 Å². The maximum Gasteiger partial charge on any atom is 0.178 e. The molecule has 0 bridgehead atoms. The SMILES string of the molecule is CS(=O)(=O)c1cnn(-c2cccc(Br)c2)c1. The molecule has 0 unspecified atom stereocenters. The fourth-order valence-corrected chi connectivity index (χ4v) is 2.17. The number of sulfone groups is 1. The Bertz CT molecular complexity index is 619. The summed E-state index contributed by atoms with van der Waals surface area (Å²) in [6.45, 7) is 0. The monoisotopic (exact) mass is 300 g/mol. The molecule has 0 N–H and O–H groups in total. The highest BCUT2D eigenvalue weighted by molar-refractivity contribution is 9.10. The zero-order valence-electron chi connectivity index (χ0n) is 8.46. The molecule has 1 aromatic carbocycles. The smallest absolute Gasteiger partial charge is 0.178 e. The van der Waals surface area contributed by atoms with Crippen LogP contribution in [0.15, 0.2) is 46.0 Å². The molecule has 2 aromatic rings. The first-order chi connectivity index (χ1) is 7.47. The molecule has 0 amide bonds. The van der Waals surface area contributed by atoms with Crippen LogP contribution in [0.2, 0.25) is 0 Å². The van der Waals surface area contributed by atoms with E-state index in [4.69, 9.17) is 0 Å². The van der Waals surface area contributed by atoms with Crippen molar-refractivity contribution >= 4 is 25.8 Å². The number of nitrogens with zero attached hydrogens (tertiary/aromatic N) is 2. The van der Waals surface area contributed by atoms with Gasteiger partial charge in [0.15, 0.2) is 9.84 Å². The van der Waals surface area contributed by atoms with E-state index in [9.17, 15) is 8.42 Å². The summed E-state index contributed by atoms with van der Waals surface area (Å²) >= 11 is 3.35. The zero-order chi connectivity index (χ0) is 11.8. The Morgan fingerprint density at radius 3 is 2.69 bits per heavy atom. The van der Waals surface area contributed by atoms with Gasteiger partial charge in [-0.05, 0) is 18.2 Å². The van der Waals surface area contributed by atoms with Gasteiger partial charge in [0.1, 0.15) is 4.90 Å². The van der Waals surface area contributed by atoms with E-state index in [1.807, 2.05) is 24.3 Å². The topological polar surface area (TPSA) is 52.0 Å². The molecule has 0 aliphatic heterocycles. The molecule has 84 valence electrons. The maximum atomic E-state index is 11.3. The molecule has 16 heavy (non-hydrogen) atoms. The Labute approximate surface area is 102 Å². The summed E-state index contributed by atoms with van der Waals surface area (Å²) < 4.78 is 25.0. The van der Waals surface area contributed by atoms with Crippen LogP contribution in [0.3, 0.4) is 0 Å². The Morgan fingerprint density at radius 2 is 2.12 bits per heavy atom. The summed E-state index contributed by atoms with van der Waals surface area (Å²) in [6.07, 6.45) is 4.00. The van der Waals surface area contributed by atoms with E-state index in [1.54, 1.807) is 0 Å². The lowest BCUT2D eigenvalue weighted by atomic mass is 10.3. The molecule has 0 saturated carbocycles. The first kappa shape index (κ1) is 11.3. The molecule has 1 heterocycles. The lowest BCUT2D eigenvalue weighted by Gasteiger charge is -2.00. The molecule has 0 saturated heterocycles. The lowest BCUT2D eigenvalue weighted by Crippen LogP contribution is -1.96. The Hall–Kier alpha value is -1.14. The van der Waals surface area contributed by atoms with Crippen molar-refractivity contribution in [1.29, 1.82) is 0 Å². The van der Waals surface area contributed by atoms with E-state index in [1.165, 1.54) is 17.1 Å². The van der Waals surface area contributed by atoms with Gasteiger partial charge in [0.2, 0.25) is 0 Å². The van der Waals surface area contributed by atoms with Crippen LogP contribution in [0.25, 0.3) is 5.69 Å². The van der Waals surface area contributed by atoms with Gasteiger partial charge < -0.3 is 0 Å². The number of hydrogen-bond donors (Lipinski definition) is 0. The van der Waals surface area contributed by atoms with E-state index < -0.39 is 9.84 Å². The number of benzene rings is 1. The van der Waals surface area contributed by atoms with Gasteiger partial charge in [0.05, 0.1) is 11.9 Å². The van der Waals surface area contributed by atoms with Crippen LogP contribution < -0.4 is 0 Å². The first-order valence-corrected chi connectivity index (χ1v) is 7.16. The van der Waals surface area contributed by atoms with Crippen LogP contribution in [-0.4, -0.2) is 24.5 Å². The van der Waals surface area contributed by atoms with E-state index in [2.05, 4.69) is 21.0 Å². The van der Waals surface area contributed by atoms with Crippen molar-refractivity contribution in [1.82, 2.24) is 9.78 Å². The average Bonchev–Trinajstić information content (AvgIpc) is 2.65. The minimum absolute atomic E-state index is 0.215. The third-order valence-corrected chi connectivity index (χ3v) is 3.62. The molecule has 0 fully saturated rings. The fraction of sp³-hybridized carbons (Fsp3) is 0.100.